The van der Waals surface area contributed by atoms with Gasteiger partial charge in [0.25, 0.3) is 0 Å². The maximum atomic E-state index is 11.0. The van der Waals surface area contributed by atoms with Crippen LogP contribution >= 0.6 is 0 Å². The number of benzene rings is 1. The predicted molar refractivity (Wildman–Crippen MR) is 68.1 cm³/mol. The lowest BCUT2D eigenvalue weighted by Gasteiger charge is -2.23. The predicted octanol–water partition coefficient (Wildman–Crippen LogP) is 2.47. The lowest BCUT2D eigenvalue weighted by molar-refractivity contribution is -0.152. The minimum Gasteiger partial charge on any atom is -0.478 e. The lowest BCUT2D eigenvalue weighted by Crippen LogP contribution is -2.38. The highest BCUT2D eigenvalue weighted by atomic mass is 16.5. The van der Waals surface area contributed by atoms with E-state index < -0.39 is 11.6 Å². The minimum atomic E-state index is -1.32. The number of carboxylic acids is 1. The second-order valence-corrected chi connectivity index (χ2v) is 4.40. The number of ether oxygens (including phenoxy) is 1. The number of aliphatic carboxylic acids is 1. The van der Waals surface area contributed by atoms with E-state index in [0.717, 1.165) is 11.8 Å². The van der Waals surface area contributed by atoms with Crippen molar-refractivity contribution < 1.29 is 19.4 Å². The molecule has 0 aliphatic heterocycles. The molecular formula is C14H16O4. The van der Waals surface area contributed by atoms with Crippen LogP contribution in [0, 0.1) is 0 Å². The topological polar surface area (TPSA) is 63.6 Å². The molecule has 0 saturated heterocycles. The van der Waals surface area contributed by atoms with Gasteiger partial charge in [0.15, 0.2) is 5.60 Å². The Hall–Kier alpha value is -2.10. The standard InChI is InChI=1S/C14H16O4/c1-4-5-11-8-10(9-15)6-7-12(11)18-14(2,3)13(16)17/h4,6-9H,1,5H2,2-3H3,(H,16,17). The smallest absolute Gasteiger partial charge is 0.347 e. The van der Waals surface area contributed by atoms with E-state index in [2.05, 4.69) is 6.58 Å². The molecule has 0 bridgehead atoms. The molecule has 1 rings (SSSR count). The van der Waals surface area contributed by atoms with Gasteiger partial charge in [0.1, 0.15) is 12.0 Å². The summed E-state index contributed by atoms with van der Waals surface area (Å²) in [5.41, 5.74) is -0.0604. The fraction of sp³-hybridized carbons (Fsp3) is 0.286. The first-order valence-electron chi connectivity index (χ1n) is 5.52. The molecule has 0 aromatic heterocycles. The number of carbonyl (C=O) groups excluding carboxylic acids is 1. The Balaban J connectivity index is 3.11. The fourth-order valence-corrected chi connectivity index (χ4v) is 1.41. The van der Waals surface area contributed by atoms with Crippen LogP contribution in [0.3, 0.4) is 0 Å². The van der Waals surface area contributed by atoms with Crippen molar-refractivity contribution in [2.45, 2.75) is 25.9 Å². The summed E-state index contributed by atoms with van der Waals surface area (Å²) in [4.78, 5) is 21.7. The maximum absolute atomic E-state index is 11.0. The van der Waals surface area contributed by atoms with Gasteiger partial charge in [-0.15, -0.1) is 6.58 Å². The number of carbonyl (C=O) groups is 2. The molecule has 4 heteroatoms. The average Bonchev–Trinajstić information content (AvgIpc) is 2.31. The molecule has 1 aromatic carbocycles. The Bertz CT molecular complexity index is 475. The number of carboxylic acid groups (broad SMARTS) is 1. The third kappa shape index (κ3) is 3.20. The van der Waals surface area contributed by atoms with Gasteiger partial charge in [-0.05, 0) is 44.0 Å². The van der Waals surface area contributed by atoms with Gasteiger partial charge in [-0.2, -0.15) is 0 Å². The summed E-state index contributed by atoms with van der Waals surface area (Å²) in [6, 6.07) is 4.86. The third-order valence-electron chi connectivity index (χ3n) is 2.47. The van der Waals surface area contributed by atoms with Gasteiger partial charge in [0, 0.05) is 5.56 Å². The maximum Gasteiger partial charge on any atom is 0.347 e. The van der Waals surface area contributed by atoms with Crippen LogP contribution in [0.1, 0.15) is 29.8 Å². The van der Waals surface area contributed by atoms with Crippen LogP contribution in [-0.2, 0) is 11.2 Å². The lowest BCUT2D eigenvalue weighted by atomic mass is 10.1. The quantitative estimate of drug-likeness (QED) is 0.620. The summed E-state index contributed by atoms with van der Waals surface area (Å²) >= 11 is 0. The van der Waals surface area contributed by atoms with Crippen molar-refractivity contribution in [1.82, 2.24) is 0 Å². The first-order valence-corrected chi connectivity index (χ1v) is 5.52. The van der Waals surface area contributed by atoms with E-state index >= 15 is 0 Å². The highest BCUT2D eigenvalue weighted by molar-refractivity contribution is 5.77. The molecule has 0 saturated carbocycles. The number of hydrogen-bond acceptors (Lipinski definition) is 3. The van der Waals surface area contributed by atoms with Gasteiger partial charge in [0.2, 0.25) is 0 Å². The molecule has 4 nitrogen and oxygen atoms in total. The van der Waals surface area contributed by atoms with Crippen molar-refractivity contribution in [3.8, 4) is 5.75 Å². The summed E-state index contributed by atoms with van der Waals surface area (Å²) < 4.78 is 5.48. The molecule has 0 fully saturated rings. The zero-order valence-electron chi connectivity index (χ0n) is 10.5. The molecule has 1 aromatic rings. The molecule has 18 heavy (non-hydrogen) atoms. The van der Waals surface area contributed by atoms with E-state index in [4.69, 9.17) is 9.84 Å². The Kier molecular flexibility index (Phi) is 4.26. The van der Waals surface area contributed by atoms with E-state index in [-0.39, 0.29) is 0 Å². The van der Waals surface area contributed by atoms with Crippen LogP contribution in [0.4, 0.5) is 0 Å². The molecule has 0 unspecified atom stereocenters. The fourth-order valence-electron chi connectivity index (χ4n) is 1.41. The van der Waals surface area contributed by atoms with Crippen LogP contribution in [0.5, 0.6) is 5.75 Å². The number of allylic oxidation sites excluding steroid dienone is 1. The molecule has 0 aliphatic rings. The van der Waals surface area contributed by atoms with E-state index in [0.29, 0.717) is 17.7 Å². The van der Waals surface area contributed by atoms with Crippen molar-refractivity contribution in [3.05, 3.63) is 42.0 Å². The van der Waals surface area contributed by atoms with E-state index in [9.17, 15) is 9.59 Å². The molecule has 0 amide bonds. The van der Waals surface area contributed by atoms with Gasteiger partial charge in [-0.3, -0.25) is 4.79 Å². The van der Waals surface area contributed by atoms with Crippen LogP contribution in [0.25, 0.3) is 0 Å². The summed E-state index contributed by atoms with van der Waals surface area (Å²) in [5.74, 6) is -0.598. The Morgan fingerprint density at radius 2 is 2.17 bits per heavy atom. The van der Waals surface area contributed by atoms with Crippen molar-refractivity contribution >= 4 is 12.3 Å². The molecule has 96 valence electrons. The first kappa shape index (κ1) is 14.0. The number of aldehydes is 1. The Morgan fingerprint density at radius 3 is 2.67 bits per heavy atom. The van der Waals surface area contributed by atoms with Gasteiger partial charge in [-0.1, -0.05) is 6.08 Å². The second kappa shape index (κ2) is 5.49. The van der Waals surface area contributed by atoms with Gasteiger partial charge in [-0.25, -0.2) is 4.79 Å². The molecule has 1 N–H and O–H groups in total. The highest BCUT2D eigenvalue weighted by Gasteiger charge is 2.30. The van der Waals surface area contributed by atoms with E-state index in [1.54, 1.807) is 24.3 Å². The van der Waals surface area contributed by atoms with Gasteiger partial charge >= 0.3 is 5.97 Å². The number of hydrogen-bond donors (Lipinski definition) is 1. The molecule has 0 spiro atoms. The zero-order valence-corrected chi connectivity index (χ0v) is 10.5. The van der Waals surface area contributed by atoms with E-state index in [1.807, 2.05) is 0 Å². The Labute approximate surface area is 106 Å². The first-order chi connectivity index (χ1) is 8.40. The largest absolute Gasteiger partial charge is 0.478 e. The Morgan fingerprint density at radius 1 is 1.50 bits per heavy atom. The SMILES string of the molecule is C=CCc1cc(C=O)ccc1OC(C)(C)C(=O)O. The molecule has 0 heterocycles. The average molecular weight is 248 g/mol. The van der Waals surface area contributed by atoms with Crippen LogP contribution in [0.15, 0.2) is 30.9 Å². The summed E-state index contributed by atoms with van der Waals surface area (Å²) in [6.07, 6.45) is 2.91. The summed E-state index contributed by atoms with van der Waals surface area (Å²) in [6.45, 7) is 6.57. The van der Waals surface area contributed by atoms with Crippen LogP contribution in [-0.4, -0.2) is 23.0 Å². The van der Waals surface area contributed by atoms with Crippen molar-refractivity contribution in [2.24, 2.45) is 0 Å². The summed E-state index contributed by atoms with van der Waals surface area (Å²) in [5, 5.41) is 9.02. The molecule has 0 atom stereocenters. The van der Waals surface area contributed by atoms with Crippen molar-refractivity contribution in [3.63, 3.8) is 0 Å². The molecule has 0 aliphatic carbocycles. The van der Waals surface area contributed by atoms with Crippen LogP contribution < -0.4 is 4.74 Å². The van der Waals surface area contributed by atoms with Crippen molar-refractivity contribution in [2.75, 3.05) is 0 Å². The van der Waals surface area contributed by atoms with Crippen LogP contribution in [0.2, 0.25) is 0 Å². The molecular weight excluding hydrogens is 232 g/mol. The van der Waals surface area contributed by atoms with Gasteiger partial charge in [0.05, 0.1) is 0 Å². The minimum absolute atomic E-state index is 0.452. The zero-order chi connectivity index (χ0) is 13.8. The highest BCUT2D eigenvalue weighted by Crippen LogP contribution is 2.25. The monoisotopic (exact) mass is 248 g/mol. The van der Waals surface area contributed by atoms with E-state index in [1.165, 1.54) is 13.8 Å². The van der Waals surface area contributed by atoms with Gasteiger partial charge < -0.3 is 9.84 Å². The third-order valence-corrected chi connectivity index (χ3v) is 2.47. The van der Waals surface area contributed by atoms with Crippen molar-refractivity contribution in [1.29, 1.82) is 0 Å². The second-order valence-electron chi connectivity index (χ2n) is 4.40. The normalized spacial score (nSPS) is 10.8. The molecule has 0 radical (unpaired) electrons. The summed E-state index contributed by atoms with van der Waals surface area (Å²) in [7, 11) is 0. The number of rotatable bonds is 6.